The summed E-state index contributed by atoms with van der Waals surface area (Å²) in [5.41, 5.74) is 1.29. The second-order valence-electron chi connectivity index (χ2n) is 10.2. The Morgan fingerprint density at radius 3 is 2.48 bits per heavy atom. The van der Waals surface area contributed by atoms with Gasteiger partial charge in [-0.15, -0.1) is 0 Å². The van der Waals surface area contributed by atoms with Crippen molar-refractivity contribution in [3.05, 3.63) is 42.0 Å². The molecular weight excluding hydrogens is 386 g/mol. The van der Waals surface area contributed by atoms with Crippen molar-refractivity contribution >= 4 is 16.7 Å². The van der Waals surface area contributed by atoms with Crippen LogP contribution in [0.15, 0.2) is 36.4 Å². The van der Waals surface area contributed by atoms with Gasteiger partial charge in [-0.05, 0) is 91.1 Å². The Morgan fingerprint density at radius 2 is 1.77 bits per heavy atom. The van der Waals surface area contributed by atoms with Crippen molar-refractivity contribution in [2.45, 2.75) is 65.5 Å². The molecule has 0 amide bonds. The van der Waals surface area contributed by atoms with Gasteiger partial charge < -0.3 is 9.84 Å². The van der Waals surface area contributed by atoms with Crippen LogP contribution in [0, 0.1) is 23.7 Å². The Balaban J connectivity index is 1.42. The van der Waals surface area contributed by atoms with Crippen LogP contribution in [-0.4, -0.2) is 35.2 Å². The smallest absolute Gasteiger partial charge is 0.306 e. The van der Waals surface area contributed by atoms with Gasteiger partial charge in [0.1, 0.15) is 11.9 Å². The normalized spacial score (nSPS) is 25.7. The summed E-state index contributed by atoms with van der Waals surface area (Å²) in [4.78, 5) is 13.5. The minimum atomic E-state index is -0.647. The lowest BCUT2D eigenvalue weighted by atomic mass is 9.75. The highest BCUT2D eigenvalue weighted by Gasteiger charge is 2.32. The molecule has 0 spiro atoms. The number of hydrogen-bond donors (Lipinski definition) is 1. The third-order valence-corrected chi connectivity index (χ3v) is 7.47. The van der Waals surface area contributed by atoms with E-state index < -0.39 is 5.97 Å². The summed E-state index contributed by atoms with van der Waals surface area (Å²) >= 11 is 0. The molecule has 1 saturated carbocycles. The van der Waals surface area contributed by atoms with Crippen molar-refractivity contribution in [3.8, 4) is 5.75 Å². The van der Waals surface area contributed by atoms with Crippen LogP contribution < -0.4 is 4.74 Å². The highest BCUT2D eigenvalue weighted by Crippen LogP contribution is 2.36. The Kier molecular flexibility index (Phi) is 6.86. The van der Waals surface area contributed by atoms with Gasteiger partial charge >= 0.3 is 5.97 Å². The summed E-state index contributed by atoms with van der Waals surface area (Å²) in [5.74, 6) is 2.20. The Hall–Kier alpha value is -2.07. The number of piperidine rings is 1. The van der Waals surface area contributed by atoms with Gasteiger partial charge in [0, 0.05) is 6.54 Å². The minimum absolute atomic E-state index is 0.172. The Bertz CT molecular complexity index is 900. The molecule has 0 radical (unpaired) electrons. The molecule has 4 heteroatoms. The fraction of sp³-hybridized carbons (Fsp3) is 0.593. The maximum Gasteiger partial charge on any atom is 0.306 e. The molecule has 1 saturated heterocycles. The lowest BCUT2D eigenvalue weighted by Crippen LogP contribution is -2.36. The number of benzene rings is 2. The number of hydrogen-bond acceptors (Lipinski definition) is 3. The molecule has 1 aliphatic carbocycles. The summed E-state index contributed by atoms with van der Waals surface area (Å²) in [6.45, 7) is 9.60. The van der Waals surface area contributed by atoms with Crippen LogP contribution in [0.1, 0.15) is 58.4 Å². The number of aliphatic carboxylic acids is 1. The second-order valence-corrected chi connectivity index (χ2v) is 10.2. The number of carboxylic acid groups (broad SMARTS) is 1. The maximum atomic E-state index is 11.2. The van der Waals surface area contributed by atoms with Crippen LogP contribution in [0.3, 0.4) is 0 Å². The first kappa shape index (κ1) is 22.1. The molecule has 1 aliphatic heterocycles. The van der Waals surface area contributed by atoms with E-state index in [9.17, 15) is 9.90 Å². The van der Waals surface area contributed by atoms with Gasteiger partial charge in [-0.3, -0.25) is 9.69 Å². The lowest BCUT2D eigenvalue weighted by Gasteiger charge is -2.37. The molecule has 1 heterocycles. The van der Waals surface area contributed by atoms with Gasteiger partial charge in [0.25, 0.3) is 0 Å². The van der Waals surface area contributed by atoms with Crippen LogP contribution in [0.25, 0.3) is 10.8 Å². The number of fused-ring (bicyclic) bond motifs is 1. The highest BCUT2D eigenvalue weighted by atomic mass is 16.5. The third kappa shape index (κ3) is 5.41. The van der Waals surface area contributed by atoms with E-state index in [1.165, 1.54) is 29.2 Å². The summed E-state index contributed by atoms with van der Waals surface area (Å²) in [6.07, 6.45) is 5.55. The van der Waals surface area contributed by atoms with Crippen LogP contribution in [0.2, 0.25) is 0 Å². The largest absolute Gasteiger partial charge is 0.490 e. The summed E-state index contributed by atoms with van der Waals surface area (Å²) in [6, 6.07) is 13.2. The van der Waals surface area contributed by atoms with E-state index in [4.69, 9.17) is 4.74 Å². The summed E-state index contributed by atoms with van der Waals surface area (Å²) in [5, 5.41) is 11.6. The van der Waals surface area contributed by atoms with Gasteiger partial charge in [0.05, 0.1) is 5.92 Å². The standard InChI is InChI=1S/C27H37NO3/c1-18(2)25-9-4-19(3)14-26(25)31-24-8-7-22-15-20(5-6-23(22)16-24)17-28-12-10-21(11-13-28)27(29)30/h5-8,15-16,18-19,21,25-26H,4,9-14,17H2,1-3H3,(H,29,30)/t19-,25+,26-/m1/s1. The maximum absolute atomic E-state index is 11.2. The molecule has 4 nitrogen and oxygen atoms in total. The van der Waals surface area contributed by atoms with Gasteiger partial charge in [-0.2, -0.15) is 0 Å². The van der Waals surface area contributed by atoms with Crippen LogP contribution in [-0.2, 0) is 11.3 Å². The first-order chi connectivity index (χ1) is 14.9. The number of nitrogens with zero attached hydrogens (tertiary/aromatic N) is 1. The third-order valence-electron chi connectivity index (χ3n) is 7.47. The van der Waals surface area contributed by atoms with Gasteiger partial charge in [0.15, 0.2) is 0 Å². The fourth-order valence-corrected chi connectivity index (χ4v) is 5.47. The van der Waals surface area contributed by atoms with Crippen LogP contribution in [0.4, 0.5) is 0 Å². The topological polar surface area (TPSA) is 49.8 Å². The number of ether oxygens (including phenoxy) is 1. The number of carbonyl (C=O) groups is 1. The molecule has 2 aromatic rings. The molecule has 2 aliphatic rings. The average Bonchev–Trinajstić information content (AvgIpc) is 2.74. The van der Waals surface area contributed by atoms with Crippen molar-refractivity contribution in [3.63, 3.8) is 0 Å². The van der Waals surface area contributed by atoms with Crippen molar-refractivity contribution < 1.29 is 14.6 Å². The molecule has 168 valence electrons. The van der Waals surface area contributed by atoms with Crippen molar-refractivity contribution in [1.29, 1.82) is 0 Å². The molecule has 0 bridgehead atoms. The van der Waals surface area contributed by atoms with E-state index in [1.807, 2.05) is 0 Å². The highest BCUT2D eigenvalue weighted by molar-refractivity contribution is 5.84. The quantitative estimate of drug-likeness (QED) is 0.621. The molecule has 31 heavy (non-hydrogen) atoms. The molecule has 0 unspecified atom stereocenters. The SMILES string of the molecule is CC(C)[C@@H]1CC[C@@H](C)C[C@H]1Oc1ccc2cc(CN3CCC(C(=O)O)CC3)ccc2c1. The molecule has 1 N–H and O–H groups in total. The zero-order valence-corrected chi connectivity index (χ0v) is 19.2. The zero-order chi connectivity index (χ0) is 22.0. The first-order valence-electron chi connectivity index (χ1n) is 12.0. The molecule has 4 rings (SSSR count). The predicted octanol–water partition coefficient (Wildman–Crippen LogP) is 5.98. The van der Waals surface area contributed by atoms with Gasteiger partial charge in [-0.25, -0.2) is 0 Å². The van der Waals surface area contributed by atoms with E-state index in [2.05, 4.69) is 62.1 Å². The van der Waals surface area contributed by atoms with Crippen LogP contribution in [0.5, 0.6) is 5.75 Å². The van der Waals surface area contributed by atoms with Crippen molar-refractivity contribution in [2.75, 3.05) is 13.1 Å². The number of carboxylic acids is 1. The predicted molar refractivity (Wildman–Crippen MR) is 125 cm³/mol. The first-order valence-corrected chi connectivity index (χ1v) is 12.0. The van der Waals surface area contributed by atoms with E-state index in [0.29, 0.717) is 17.9 Å². The Labute approximate surface area is 186 Å². The van der Waals surface area contributed by atoms with Crippen molar-refractivity contribution in [1.82, 2.24) is 4.90 Å². The molecule has 2 fully saturated rings. The van der Waals surface area contributed by atoms with Gasteiger partial charge in [0.2, 0.25) is 0 Å². The monoisotopic (exact) mass is 423 g/mol. The van der Waals surface area contributed by atoms with E-state index in [-0.39, 0.29) is 5.92 Å². The summed E-state index contributed by atoms with van der Waals surface area (Å²) in [7, 11) is 0. The minimum Gasteiger partial charge on any atom is -0.490 e. The van der Waals surface area contributed by atoms with E-state index in [1.54, 1.807) is 0 Å². The van der Waals surface area contributed by atoms with E-state index >= 15 is 0 Å². The van der Waals surface area contributed by atoms with Crippen LogP contribution >= 0.6 is 0 Å². The molecule has 2 aromatic carbocycles. The fourth-order valence-electron chi connectivity index (χ4n) is 5.47. The van der Waals surface area contributed by atoms with E-state index in [0.717, 1.165) is 50.6 Å². The summed E-state index contributed by atoms with van der Waals surface area (Å²) < 4.78 is 6.53. The average molecular weight is 424 g/mol. The zero-order valence-electron chi connectivity index (χ0n) is 19.2. The Morgan fingerprint density at radius 1 is 1.06 bits per heavy atom. The second kappa shape index (κ2) is 9.60. The molecule has 3 atom stereocenters. The molecular formula is C27H37NO3. The molecule has 0 aromatic heterocycles. The lowest BCUT2D eigenvalue weighted by molar-refractivity contribution is -0.143. The van der Waals surface area contributed by atoms with Gasteiger partial charge in [-0.1, -0.05) is 45.4 Å². The number of likely N-dealkylation sites (tertiary alicyclic amines) is 1. The number of rotatable bonds is 6. The van der Waals surface area contributed by atoms with Crippen molar-refractivity contribution in [2.24, 2.45) is 23.7 Å².